The molecule has 1 atom stereocenters. The zero-order valence-electron chi connectivity index (χ0n) is 9.92. The first-order valence-electron chi connectivity index (χ1n) is 5.03. The van der Waals surface area contributed by atoms with Crippen LogP contribution < -0.4 is 4.72 Å². The molecule has 0 aliphatic heterocycles. The maximum absolute atomic E-state index is 12.0. The molecule has 1 aromatic rings. The van der Waals surface area contributed by atoms with Crippen molar-refractivity contribution in [1.29, 1.82) is 0 Å². The van der Waals surface area contributed by atoms with Gasteiger partial charge in [0.1, 0.15) is 10.9 Å². The van der Waals surface area contributed by atoms with Crippen molar-refractivity contribution < 1.29 is 28.2 Å². The average Bonchev–Trinajstić information content (AvgIpc) is 2.26. The van der Waals surface area contributed by atoms with Crippen LogP contribution in [0.25, 0.3) is 0 Å². The second-order valence-corrected chi connectivity index (χ2v) is 6.25. The Morgan fingerprint density at radius 2 is 1.75 bits per heavy atom. The summed E-state index contributed by atoms with van der Waals surface area (Å²) >= 11 is 11.3. The number of aliphatic carboxylic acids is 1. The van der Waals surface area contributed by atoms with Crippen molar-refractivity contribution in [2.75, 3.05) is 0 Å². The number of nitrogens with one attached hydrogen (secondary N) is 1. The predicted octanol–water partition coefficient (Wildman–Crippen LogP) is 1.44. The van der Waals surface area contributed by atoms with Crippen LogP contribution in [0.5, 0.6) is 0 Å². The third-order valence-electron chi connectivity index (χ3n) is 2.24. The second-order valence-electron chi connectivity index (χ2n) is 3.75. The van der Waals surface area contributed by atoms with Gasteiger partial charge in [-0.25, -0.2) is 13.2 Å². The van der Waals surface area contributed by atoms with E-state index in [1.54, 1.807) is 0 Å². The number of benzene rings is 1. The zero-order valence-corrected chi connectivity index (χ0v) is 12.3. The first-order valence-corrected chi connectivity index (χ1v) is 7.27. The molecule has 1 unspecified atom stereocenters. The number of aromatic carboxylic acids is 1. The fourth-order valence-electron chi connectivity index (χ4n) is 1.25. The summed E-state index contributed by atoms with van der Waals surface area (Å²) in [4.78, 5) is 21.0. The fourth-order valence-corrected chi connectivity index (χ4v) is 3.30. The number of rotatable bonds is 5. The van der Waals surface area contributed by atoms with Gasteiger partial charge < -0.3 is 10.2 Å². The number of carbonyl (C=O) groups is 2. The molecule has 0 amide bonds. The lowest BCUT2D eigenvalue weighted by atomic mass is 10.2. The standard InChI is InChI=1S/C10H9Cl2NO6S/c1-4(9(14)15)13-20(18,19)8-2-5(10(16)17)6(11)3-7(8)12/h2-4,13H,1H3,(H,14,15)(H,16,17). The number of halogens is 2. The molecule has 110 valence electrons. The molecule has 0 saturated heterocycles. The van der Waals surface area contributed by atoms with E-state index in [-0.39, 0.29) is 10.0 Å². The molecular weight excluding hydrogens is 333 g/mol. The zero-order chi connectivity index (χ0) is 15.7. The van der Waals surface area contributed by atoms with Crippen molar-refractivity contribution in [1.82, 2.24) is 4.72 Å². The molecule has 0 bridgehead atoms. The maximum Gasteiger partial charge on any atom is 0.337 e. The van der Waals surface area contributed by atoms with E-state index in [1.165, 1.54) is 0 Å². The highest BCUT2D eigenvalue weighted by Gasteiger charge is 2.26. The maximum atomic E-state index is 12.0. The van der Waals surface area contributed by atoms with Crippen molar-refractivity contribution in [3.05, 3.63) is 27.7 Å². The van der Waals surface area contributed by atoms with E-state index in [9.17, 15) is 18.0 Å². The van der Waals surface area contributed by atoms with Gasteiger partial charge >= 0.3 is 11.9 Å². The van der Waals surface area contributed by atoms with Crippen LogP contribution in [0.4, 0.5) is 0 Å². The van der Waals surface area contributed by atoms with Gasteiger partial charge in [-0.15, -0.1) is 0 Å². The van der Waals surface area contributed by atoms with E-state index in [0.717, 1.165) is 19.1 Å². The fraction of sp³-hybridized carbons (Fsp3) is 0.200. The number of carboxylic acid groups (broad SMARTS) is 2. The normalized spacial score (nSPS) is 12.9. The van der Waals surface area contributed by atoms with Crippen LogP contribution in [0, 0.1) is 0 Å². The molecule has 20 heavy (non-hydrogen) atoms. The molecule has 0 aromatic heterocycles. The summed E-state index contributed by atoms with van der Waals surface area (Å²) in [5, 5.41) is 17.0. The third-order valence-corrected chi connectivity index (χ3v) is 4.56. The minimum Gasteiger partial charge on any atom is -0.480 e. The van der Waals surface area contributed by atoms with E-state index in [1.807, 2.05) is 4.72 Å². The van der Waals surface area contributed by atoms with E-state index in [2.05, 4.69) is 0 Å². The molecule has 7 nitrogen and oxygen atoms in total. The largest absolute Gasteiger partial charge is 0.480 e. The first kappa shape index (κ1) is 16.7. The molecule has 0 spiro atoms. The van der Waals surface area contributed by atoms with Crippen LogP contribution in [0.2, 0.25) is 10.0 Å². The Morgan fingerprint density at radius 3 is 2.20 bits per heavy atom. The average molecular weight is 342 g/mol. The van der Waals surface area contributed by atoms with Crippen LogP contribution in [-0.2, 0) is 14.8 Å². The highest BCUT2D eigenvalue weighted by molar-refractivity contribution is 7.89. The van der Waals surface area contributed by atoms with Crippen molar-refractivity contribution in [2.24, 2.45) is 0 Å². The Labute approximate surface area is 124 Å². The number of carboxylic acids is 2. The SMILES string of the molecule is CC(NS(=O)(=O)c1cc(C(=O)O)c(Cl)cc1Cl)C(=O)O. The van der Waals surface area contributed by atoms with Gasteiger partial charge in [-0.05, 0) is 19.1 Å². The van der Waals surface area contributed by atoms with Gasteiger partial charge in [-0.3, -0.25) is 4.79 Å². The summed E-state index contributed by atoms with van der Waals surface area (Å²) in [6.07, 6.45) is 0. The summed E-state index contributed by atoms with van der Waals surface area (Å²) in [6.45, 7) is 1.11. The third kappa shape index (κ3) is 3.60. The van der Waals surface area contributed by atoms with Gasteiger partial charge in [0.2, 0.25) is 10.0 Å². The molecule has 0 heterocycles. The van der Waals surface area contributed by atoms with Gasteiger partial charge in [-0.2, -0.15) is 4.72 Å². The topological polar surface area (TPSA) is 121 Å². The summed E-state index contributed by atoms with van der Waals surface area (Å²) in [7, 11) is -4.29. The lowest BCUT2D eigenvalue weighted by Gasteiger charge is -2.12. The molecule has 10 heteroatoms. The summed E-state index contributed by atoms with van der Waals surface area (Å²) in [5.74, 6) is -2.83. The molecule has 1 rings (SSSR count). The van der Waals surface area contributed by atoms with Crippen molar-refractivity contribution >= 4 is 45.2 Å². The minimum absolute atomic E-state index is 0.229. The summed E-state index contributed by atoms with van der Waals surface area (Å²) in [5.41, 5.74) is -0.459. The van der Waals surface area contributed by atoms with Gasteiger partial charge in [-0.1, -0.05) is 23.2 Å². The first-order chi connectivity index (χ1) is 9.06. The lowest BCUT2D eigenvalue weighted by Crippen LogP contribution is -2.38. The summed E-state index contributed by atoms with van der Waals surface area (Å²) < 4.78 is 25.8. The molecule has 0 aliphatic carbocycles. The smallest absolute Gasteiger partial charge is 0.337 e. The highest BCUT2D eigenvalue weighted by Crippen LogP contribution is 2.28. The van der Waals surface area contributed by atoms with E-state index in [0.29, 0.717) is 0 Å². The van der Waals surface area contributed by atoms with Gasteiger partial charge in [0.15, 0.2) is 0 Å². The van der Waals surface area contributed by atoms with Crippen LogP contribution in [0.1, 0.15) is 17.3 Å². The minimum atomic E-state index is -4.29. The monoisotopic (exact) mass is 341 g/mol. The highest BCUT2D eigenvalue weighted by atomic mass is 35.5. The summed E-state index contributed by atoms with van der Waals surface area (Å²) in [6, 6.07) is 0.330. The molecule has 1 aromatic carbocycles. The van der Waals surface area contributed by atoms with Crippen LogP contribution >= 0.6 is 23.2 Å². The van der Waals surface area contributed by atoms with Crippen LogP contribution in [0.3, 0.4) is 0 Å². The quantitative estimate of drug-likeness (QED) is 0.745. The van der Waals surface area contributed by atoms with Crippen molar-refractivity contribution in [2.45, 2.75) is 17.9 Å². The molecule has 0 fully saturated rings. The number of hydrogen-bond acceptors (Lipinski definition) is 4. The predicted molar refractivity (Wildman–Crippen MR) is 70.8 cm³/mol. The Morgan fingerprint density at radius 1 is 1.20 bits per heavy atom. The van der Waals surface area contributed by atoms with E-state index >= 15 is 0 Å². The Kier molecular flexibility index (Phi) is 4.98. The Bertz CT molecular complexity index is 673. The Balaban J connectivity index is 3.35. The van der Waals surface area contributed by atoms with Gasteiger partial charge in [0.05, 0.1) is 15.6 Å². The molecule has 0 radical (unpaired) electrons. The second kappa shape index (κ2) is 5.96. The molecule has 0 aliphatic rings. The van der Waals surface area contributed by atoms with Crippen LogP contribution in [0.15, 0.2) is 17.0 Å². The number of sulfonamides is 1. The Hall–Kier alpha value is -1.35. The molecular formula is C10H9Cl2NO6S. The molecule has 3 N–H and O–H groups in total. The van der Waals surface area contributed by atoms with E-state index < -0.39 is 38.5 Å². The lowest BCUT2D eigenvalue weighted by molar-refractivity contribution is -0.138. The van der Waals surface area contributed by atoms with E-state index in [4.69, 9.17) is 33.4 Å². The van der Waals surface area contributed by atoms with Crippen molar-refractivity contribution in [3.63, 3.8) is 0 Å². The van der Waals surface area contributed by atoms with Crippen LogP contribution in [-0.4, -0.2) is 36.6 Å². The number of hydrogen-bond donors (Lipinski definition) is 3. The van der Waals surface area contributed by atoms with Gasteiger partial charge in [0.25, 0.3) is 0 Å². The van der Waals surface area contributed by atoms with Crippen molar-refractivity contribution in [3.8, 4) is 0 Å². The molecule has 0 saturated carbocycles. The van der Waals surface area contributed by atoms with Gasteiger partial charge in [0, 0.05) is 0 Å².